The number of ether oxygens (including phenoxy) is 1. The molecule has 4 heteroatoms. The maximum Gasteiger partial charge on any atom is 0.178 e. The van der Waals surface area contributed by atoms with Gasteiger partial charge in [-0.25, -0.2) is 0 Å². The van der Waals surface area contributed by atoms with Gasteiger partial charge < -0.3 is 9.30 Å². The SMILES string of the molecule is C=CCn1c(C)cc(C(=O)CN2CCOc3ccccc3C2)c1C. The van der Waals surface area contributed by atoms with Crippen molar-refractivity contribution in [3.63, 3.8) is 0 Å². The summed E-state index contributed by atoms with van der Waals surface area (Å²) in [6, 6.07) is 10.0. The first-order valence-electron chi connectivity index (χ1n) is 8.34. The second-order valence-corrected chi connectivity index (χ2v) is 6.27. The van der Waals surface area contributed by atoms with Gasteiger partial charge in [0, 0.05) is 42.1 Å². The molecule has 0 saturated heterocycles. The van der Waals surface area contributed by atoms with E-state index in [0.29, 0.717) is 13.2 Å². The molecule has 0 aliphatic carbocycles. The number of hydrogen-bond donors (Lipinski definition) is 0. The molecule has 0 radical (unpaired) electrons. The number of rotatable bonds is 5. The minimum atomic E-state index is 0.165. The van der Waals surface area contributed by atoms with Gasteiger partial charge in [-0.3, -0.25) is 9.69 Å². The summed E-state index contributed by atoms with van der Waals surface area (Å²) in [4.78, 5) is 15.0. The Kier molecular flexibility index (Phi) is 4.86. The fraction of sp³-hybridized carbons (Fsp3) is 0.350. The third kappa shape index (κ3) is 3.29. The van der Waals surface area contributed by atoms with Crippen LogP contribution >= 0.6 is 0 Å². The maximum absolute atomic E-state index is 12.8. The van der Waals surface area contributed by atoms with E-state index in [9.17, 15) is 4.79 Å². The molecule has 0 amide bonds. The van der Waals surface area contributed by atoms with Crippen molar-refractivity contribution in [2.24, 2.45) is 0 Å². The molecule has 0 saturated carbocycles. The molecular weight excluding hydrogens is 300 g/mol. The summed E-state index contributed by atoms with van der Waals surface area (Å²) in [5.74, 6) is 1.09. The summed E-state index contributed by atoms with van der Waals surface area (Å²) in [6.45, 7) is 11.1. The zero-order valence-corrected chi connectivity index (χ0v) is 14.4. The highest BCUT2D eigenvalue weighted by atomic mass is 16.5. The molecule has 0 bridgehead atoms. The molecule has 4 nitrogen and oxygen atoms in total. The molecule has 3 rings (SSSR count). The Morgan fingerprint density at radius 2 is 2.12 bits per heavy atom. The van der Waals surface area contributed by atoms with Crippen molar-refractivity contribution < 1.29 is 9.53 Å². The highest BCUT2D eigenvalue weighted by Crippen LogP contribution is 2.23. The van der Waals surface area contributed by atoms with Crippen LogP contribution in [0.3, 0.4) is 0 Å². The molecule has 1 aromatic heterocycles. The van der Waals surface area contributed by atoms with E-state index in [1.165, 1.54) is 0 Å². The van der Waals surface area contributed by atoms with Crippen molar-refractivity contribution in [3.8, 4) is 5.75 Å². The average molecular weight is 324 g/mol. The van der Waals surface area contributed by atoms with Gasteiger partial charge in [-0.15, -0.1) is 6.58 Å². The molecule has 1 aliphatic heterocycles. The van der Waals surface area contributed by atoms with Crippen molar-refractivity contribution >= 4 is 5.78 Å². The molecule has 0 spiro atoms. The van der Waals surface area contributed by atoms with E-state index in [1.807, 2.05) is 44.2 Å². The molecule has 0 unspecified atom stereocenters. The lowest BCUT2D eigenvalue weighted by molar-refractivity contribution is 0.0920. The van der Waals surface area contributed by atoms with Crippen LogP contribution in [-0.2, 0) is 13.1 Å². The van der Waals surface area contributed by atoms with Gasteiger partial charge in [-0.2, -0.15) is 0 Å². The Hall–Kier alpha value is -2.33. The number of allylic oxidation sites excluding steroid dienone is 1. The lowest BCUT2D eigenvalue weighted by Gasteiger charge is -2.18. The quantitative estimate of drug-likeness (QED) is 0.625. The molecule has 2 aromatic rings. The first kappa shape index (κ1) is 16.5. The third-order valence-corrected chi connectivity index (χ3v) is 4.58. The molecule has 0 fully saturated rings. The number of carbonyl (C=O) groups excluding carboxylic acids is 1. The van der Waals surface area contributed by atoms with Crippen molar-refractivity contribution in [1.82, 2.24) is 9.47 Å². The molecule has 2 heterocycles. The second-order valence-electron chi connectivity index (χ2n) is 6.27. The third-order valence-electron chi connectivity index (χ3n) is 4.58. The number of para-hydroxylation sites is 1. The fourth-order valence-electron chi connectivity index (χ4n) is 3.30. The smallest absolute Gasteiger partial charge is 0.178 e. The number of aryl methyl sites for hydroxylation is 1. The van der Waals surface area contributed by atoms with Crippen molar-refractivity contribution in [3.05, 3.63) is 65.5 Å². The molecule has 0 N–H and O–H groups in total. The van der Waals surface area contributed by atoms with Crippen LogP contribution in [0.25, 0.3) is 0 Å². The van der Waals surface area contributed by atoms with Crippen LogP contribution in [0.5, 0.6) is 5.75 Å². The van der Waals surface area contributed by atoms with Crippen LogP contribution in [0.2, 0.25) is 0 Å². The van der Waals surface area contributed by atoms with Gasteiger partial charge in [0.25, 0.3) is 0 Å². The summed E-state index contributed by atoms with van der Waals surface area (Å²) in [7, 11) is 0. The van der Waals surface area contributed by atoms with Gasteiger partial charge in [-0.05, 0) is 26.0 Å². The lowest BCUT2D eigenvalue weighted by Crippen LogP contribution is -2.31. The number of Topliss-reactive ketones (excluding diaryl/α,β-unsaturated/α-hetero) is 1. The molecule has 126 valence electrons. The number of hydrogen-bond acceptors (Lipinski definition) is 3. The first-order chi connectivity index (χ1) is 11.6. The van der Waals surface area contributed by atoms with Gasteiger partial charge in [0.15, 0.2) is 5.78 Å². The van der Waals surface area contributed by atoms with Crippen LogP contribution < -0.4 is 4.74 Å². The monoisotopic (exact) mass is 324 g/mol. The number of carbonyl (C=O) groups is 1. The average Bonchev–Trinajstić information content (AvgIpc) is 2.74. The summed E-state index contributed by atoms with van der Waals surface area (Å²) < 4.78 is 7.90. The van der Waals surface area contributed by atoms with E-state index in [1.54, 1.807) is 0 Å². The molecule has 1 aromatic carbocycles. The van der Waals surface area contributed by atoms with E-state index in [0.717, 1.165) is 47.9 Å². The number of nitrogens with zero attached hydrogens (tertiary/aromatic N) is 2. The zero-order chi connectivity index (χ0) is 17.1. The maximum atomic E-state index is 12.8. The van der Waals surface area contributed by atoms with Crippen LogP contribution in [0, 0.1) is 13.8 Å². The summed E-state index contributed by atoms with van der Waals surface area (Å²) in [5.41, 5.74) is 4.07. The van der Waals surface area contributed by atoms with E-state index in [2.05, 4.69) is 22.1 Å². The molecule has 24 heavy (non-hydrogen) atoms. The minimum absolute atomic E-state index is 0.165. The molecule has 1 aliphatic rings. The summed E-state index contributed by atoms with van der Waals surface area (Å²) in [5, 5.41) is 0. The number of fused-ring (bicyclic) bond motifs is 1. The lowest BCUT2D eigenvalue weighted by atomic mass is 10.1. The van der Waals surface area contributed by atoms with E-state index in [4.69, 9.17) is 4.74 Å². The van der Waals surface area contributed by atoms with Crippen LogP contribution in [0.4, 0.5) is 0 Å². The first-order valence-corrected chi connectivity index (χ1v) is 8.34. The molecular formula is C20H24N2O2. The number of ketones is 1. The van der Waals surface area contributed by atoms with Crippen molar-refractivity contribution in [2.75, 3.05) is 19.7 Å². The Bertz CT molecular complexity index is 761. The fourth-order valence-corrected chi connectivity index (χ4v) is 3.30. The number of aromatic nitrogens is 1. The Labute approximate surface area is 143 Å². The van der Waals surface area contributed by atoms with Gasteiger partial charge in [0.1, 0.15) is 12.4 Å². The predicted molar refractivity (Wildman–Crippen MR) is 95.6 cm³/mol. The Balaban J connectivity index is 1.76. The van der Waals surface area contributed by atoms with Crippen LogP contribution in [-0.4, -0.2) is 34.9 Å². The highest BCUT2D eigenvalue weighted by molar-refractivity contribution is 5.99. The predicted octanol–water partition coefficient (Wildman–Crippen LogP) is 3.37. The summed E-state index contributed by atoms with van der Waals surface area (Å²) in [6.07, 6.45) is 1.86. The van der Waals surface area contributed by atoms with Gasteiger partial charge >= 0.3 is 0 Å². The Morgan fingerprint density at radius 3 is 2.92 bits per heavy atom. The summed E-state index contributed by atoms with van der Waals surface area (Å²) >= 11 is 0. The molecule has 0 atom stereocenters. The van der Waals surface area contributed by atoms with Gasteiger partial charge in [-0.1, -0.05) is 24.3 Å². The van der Waals surface area contributed by atoms with E-state index >= 15 is 0 Å². The highest BCUT2D eigenvalue weighted by Gasteiger charge is 2.21. The minimum Gasteiger partial charge on any atom is -0.492 e. The van der Waals surface area contributed by atoms with Crippen LogP contribution in [0.1, 0.15) is 27.3 Å². The van der Waals surface area contributed by atoms with Crippen molar-refractivity contribution in [2.45, 2.75) is 26.9 Å². The normalized spacial score (nSPS) is 14.6. The topological polar surface area (TPSA) is 34.5 Å². The Morgan fingerprint density at radius 1 is 1.33 bits per heavy atom. The van der Waals surface area contributed by atoms with Gasteiger partial charge in [0.05, 0.1) is 6.54 Å². The van der Waals surface area contributed by atoms with E-state index < -0.39 is 0 Å². The second kappa shape index (κ2) is 7.05. The van der Waals surface area contributed by atoms with E-state index in [-0.39, 0.29) is 5.78 Å². The standard InChI is InChI=1S/C20H24N2O2/c1-4-9-22-15(2)12-18(16(22)3)19(23)14-21-10-11-24-20-8-6-5-7-17(20)13-21/h4-8,12H,1,9-11,13-14H2,2-3H3. The number of benzene rings is 1. The van der Waals surface area contributed by atoms with Crippen LogP contribution in [0.15, 0.2) is 43.0 Å². The van der Waals surface area contributed by atoms with Gasteiger partial charge in [0.2, 0.25) is 0 Å². The largest absolute Gasteiger partial charge is 0.492 e. The van der Waals surface area contributed by atoms with Crippen molar-refractivity contribution in [1.29, 1.82) is 0 Å². The zero-order valence-electron chi connectivity index (χ0n) is 14.4.